The van der Waals surface area contributed by atoms with Crippen molar-refractivity contribution in [2.45, 2.75) is 19.3 Å². The summed E-state index contributed by atoms with van der Waals surface area (Å²) in [6, 6.07) is 24.4. The maximum absolute atomic E-state index is 13.2. The minimum Gasteiger partial charge on any atom is -0.454 e. The first-order valence-electron chi connectivity index (χ1n) is 11.7. The van der Waals surface area contributed by atoms with Crippen molar-refractivity contribution >= 4 is 39.9 Å². The summed E-state index contributed by atoms with van der Waals surface area (Å²) in [4.78, 5) is 32.8. The number of carbonyl (C=O) groups excluding carboxylic acids is 2. The number of halogens is 1. The number of ether oxygens (including phenoxy) is 1. The third kappa shape index (κ3) is 4.27. The summed E-state index contributed by atoms with van der Waals surface area (Å²) in [5.41, 5.74) is 5.22. The molecule has 0 aliphatic carbocycles. The summed E-state index contributed by atoms with van der Waals surface area (Å²) >= 11 is 6.03. The van der Waals surface area contributed by atoms with Crippen LogP contribution in [0.2, 0.25) is 5.02 Å². The van der Waals surface area contributed by atoms with Crippen molar-refractivity contribution in [2.75, 3.05) is 18.6 Å². The minimum atomic E-state index is -0.571. The van der Waals surface area contributed by atoms with Gasteiger partial charge in [-0.3, -0.25) is 4.79 Å². The molecule has 2 heterocycles. The number of pyridine rings is 1. The van der Waals surface area contributed by atoms with Crippen LogP contribution in [0.5, 0.6) is 0 Å². The standard InChI is InChI=1S/C30H25ClN2O3/c1-30(2)24-9-5-7-11-27(24)33(3)28(30)16-21(34)18-36-29(35)23-17-26(19-12-14-20(31)15-13-19)32-25-10-6-4-8-22(23)25/h4-17H,18H2,1-3H3. The maximum Gasteiger partial charge on any atom is 0.339 e. The Balaban J connectivity index is 1.39. The zero-order valence-electron chi connectivity index (χ0n) is 20.3. The van der Waals surface area contributed by atoms with Gasteiger partial charge in [0.15, 0.2) is 12.4 Å². The third-order valence-electron chi connectivity index (χ3n) is 6.66. The topological polar surface area (TPSA) is 59.5 Å². The van der Waals surface area contributed by atoms with E-state index in [9.17, 15) is 9.59 Å². The average molecular weight is 497 g/mol. The number of rotatable bonds is 5. The summed E-state index contributed by atoms with van der Waals surface area (Å²) in [5.74, 6) is -0.847. The fraction of sp³-hybridized carbons (Fsp3) is 0.167. The zero-order valence-corrected chi connectivity index (χ0v) is 21.0. The van der Waals surface area contributed by atoms with Crippen molar-refractivity contribution in [3.05, 3.63) is 107 Å². The Labute approximate surface area is 215 Å². The highest BCUT2D eigenvalue weighted by molar-refractivity contribution is 6.30. The number of likely N-dealkylation sites (N-methyl/N-ethyl adjacent to an activating group) is 1. The molecule has 180 valence electrons. The predicted molar refractivity (Wildman–Crippen MR) is 143 cm³/mol. The first kappa shape index (κ1) is 23.8. The van der Waals surface area contributed by atoms with Gasteiger partial charge < -0.3 is 9.64 Å². The number of fused-ring (bicyclic) bond motifs is 2. The Bertz CT molecular complexity index is 1520. The number of carbonyl (C=O) groups is 2. The number of benzene rings is 3. The molecule has 0 bridgehead atoms. The van der Waals surface area contributed by atoms with Crippen LogP contribution in [0.4, 0.5) is 5.69 Å². The fourth-order valence-corrected chi connectivity index (χ4v) is 4.91. The third-order valence-corrected chi connectivity index (χ3v) is 6.91. The van der Waals surface area contributed by atoms with Crippen molar-refractivity contribution in [2.24, 2.45) is 0 Å². The van der Waals surface area contributed by atoms with Gasteiger partial charge in [-0.25, -0.2) is 9.78 Å². The lowest BCUT2D eigenvalue weighted by atomic mass is 9.83. The quantitative estimate of drug-likeness (QED) is 0.230. The number of hydrogen-bond donors (Lipinski definition) is 0. The number of ketones is 1. The Kier molecular flexibility index (Phi) is 6.10. The van der Waals surface area contributed by atoms with Crippen LogP contribution in [0.25, 0.3) is 22.2 Å². The number of hydrogen-bond acceptors (Lipinski definition) is 5. The molecule has 6 heteroatoms. The van der Waals surface area contributed by atoms with Crippen molar-refractivity contribution in [1.82, 2.24) is 4.98 Å². The molecule has 0 radical (unpaired) electrons. The lowest BCUT2D eigenvalue weighted by Gasteiger charge is -2.23. The van der Waals surface area contributed by atoms with Crippen LogP contribution in [-0.2, 0) is 14.9 Å². The Hall–Kier alpha value is -3.96. The Morgan fingerprint density at radius 2 is 1.69 bits per heavy atom. The molecule has 3 aromatic carbocycles. The van der Waals surface area contributed by atoms with Gasteiger partial charge in [0.2, 0.25) is 0 Å². The van der Waals surface area contributed by atoms with E-state index in [4.69, 9.17) is 21.3 Å². The summed E-state index contributed by atoms with van der Waals surface area (Å²) < 4.78 is 5.50. The maximum atomic E-state index is 13.2. The molecule has 1 aliphatic rings. The molecule has 0 unspecified atom stereocenters. The molecule has 0 N–H and O–H groups in total. The van der Waals surface area contributed by atoms with Crippen molar-refractivity contribution in [1.29, 1.82) is 0 Å². The highest BCUT2D eigenvalue weighted by atomic mass is 35.5. The van der Waals surface area contributed by atoms with Crippen LogP contribution in [0.3, 0.4) is 0 Å². The number of anilines is 1. The van der Waals surface area contributed by atoms with Crippen LogP contribution in [0.15, 0.2) is 90.6 Å². The molecule has 0 saturated carbocycles. The van der Waals surface area contributed by atoms with Crippen LogP contribution < -0.4 is 4.90 Å². The molecule has 4 aromatic rings. The summed E-state index contributed by atoms with van der Waals surface area (Å²) in [7, 11) is 1.94. The van der Waals surface area contributed by atoms with E-state index in [0.717, 1.165) is 22.5 Å². The fourth-order valence-electron chi connectivity index (χ4n) is 4.78. The molecule has 0 amide bonds. The van der Waals surface area contributed by atoms with Gasteiger partial charge in [-0.05, 0) is 35.9 Å². The van der Waals surface area contributed by atoms with Gasteiger partial charge in [0.25, 0.3) is 0 Å². The molecular formula is C30H25ClN2O3. The highest BCUT2D eigenvalue weighted by Gasteiger charge is 2.38. The normalized spacial score (nSPS) is 15.2. The van der Waals surface area contributed by atoms with E-state index < -0.39 is 5.97 Å². The first-order chi connectivity index (χ1) is 17.3. The molecule has 0 spiro atoms. The largest absolute Gasteiger partial charge is 0.454 e. The molecule has 5 nitrogen and oxygen atoms in total. The molecule has 36 heavy (non-hydrogen) atoms. The lowest BCUT2D eigenvalue weighted by Crippen LogP contribution is -2.25. The van der Waals surface area contributed by atoms with Gasteiger partial charge >= 0.3 is 5.97 Å². The number of esters is 1. The van der Waals surface area contributed by atoms with Gasteiger partial charge in [0.05, 0.1) is 16.8 Å². The number of nitrogens with zero attached hydrogens (tertiary/aromatic N) is 2. The Morgan fingerprint density at radius 3 is 2.44 bits per heavy atom. The zero-order chi connectivity index (χ0) is 25.4. The van der Waals surface area contributed by atoms with Gasteiger partial charge in [-0.2, -0.15) is 0 Å². The van der Waals surface area contributed by atoms with Crippen LogP contribution >= 0.6 is 11.6 Å². The van der Waals surface area contributed by atoms with E-state index in [1.807, 2.05) is 66.5 Å². The molecule has 0 atom stereocenters. The van der Waals surface area contributed by atoms with Crippen LogP contribution in [0.1, 0.15) is 29.8 Å². The van der Waals surface area contributed by atoms with E-state index in [2.05, 4.69) is 19.9 Å². The minimum absolute atomic E-state index is 0.276. The lowest BCUT2D eigenvalue weighted by molar-refractivity contribution is -0.117. The monoisotopic (exact) mass is 496 g/mol. The second kappa shape index (κ2) is 9.25. The second-order valence-corrected chi connectivity index (χ2v) is 9.79. The molecule has 1 aromatic heterocycles. The van der Waals surface area contributed by atoms with Gasteiger partial charge in [0, 0.05) is 45.9 Å². The van der Waals surface area contributed by atoms with Crippen molar-refractivity contribution in [3.63, 3.8) is 0 Å². The molecular weight excluding hydrogens is 472 g/mol. The van der Waals surface area contributed by atoms with E-state index in [-0.39, 0.29) is 17.8 Å². The number of allylic oxidation sites excluding steroid dienone is 1. The van der Waals surface area contributed by atoms with Crippen LogP contribution in [-0.4, -0.2) is 30.4 Å². The SMILES string of the molecule is CN1C(=CC(=O)COC(=O)c2cc(-c3ccc(Cl)cc3)nc3ccccc23)C(C)(C)c2ccccc21. The Morgan fingerprint density at radius 1 is 1.00 bits per heavy atom. The van der Waals surface area contributed by atoms with E-state index in [1.54, 1.807) is 24.3 Å². The van der Waals surface area contributed by atoms with Crippen LogP contribution in [0, 0.1) is 0 Å². The molecule has 1 aliphatic heterocycles. The summed E-state index contributed by atoms with van der Waals surface area (Å²) in [6.07, 6.45) is 1.58. The highest BCUT2D eigenvalue weighted by Crippen LogP contribution is 2.46. The molecule has 5 rings (SSSR count). The average Bonchev–Trinajstić information content (AvgIpc) is 3.07. The van der Waals surface area contributed by atoms with Gasteiger partial charge in [0.1, 0.15) is 0 Å². The number of aromatic nitrogens is 1. The number of para-hydroxylation sites is 2. The molecule has 0 fully saturated rings. The second-order valence-electron chi connectivity index (χ2n) is 9.35. The first-order valence-corrected chi connectivity index (χ1v) is 12.0. The summed E-state index contributed by atoms with van der Waals surface area (Å²) in [5, 5.41) is 1.28. The molecule has 0 saturated heterocycles. The summed E-state index contributed by atoms with van der Waals surface area (Å²) in [6.45, 7) is 3.82. The van der Waals surface area contributed by atoms with Gasteiger partial charge in [-0.15, -0.1) is 0 Å². The predicted octanol–water partition coefficient (Wildman–Crippen LogP) is 6.59. The van der Waals surface area contributed by atoms with Crippen molar-refractivity contribution < 1.29 is 14.3 Å². The van der Waals surface area contributed by atoms with E-state index in [1.165, 1.54) is 0 Å². The van der Waals surface area contributed by atoms with Gasteiger partial charge in [-0.1, -0.05) is 74.0 Å². The van der Waals surface area contributed by atoms with Crippen molar-refractivity contribution in [3.8, 4) is 11.3 Å². The van der Waals surface area contributed by atoms with E-state index >= 15 is 0 Å². The van der Waals surface area contributed by atoms with E-state index in [0.29, 0.717) is 27.2 Å². The smallest absolute Gasteiger partial charge is 0.339 e.